The number of hydrogen-bond donors (Lipinski definition) is 0. The third kappa shape index (κ3) is 2.41. The zero-order valence-electron chi connectivity index (χ0n) is 15.1. The van der Waals surface area contributed by atoms with E-state index in [9.17, 15) is 4.79 Å². The molecule has 0 aliphatic heterocycles. The molecule has 1 saturated carbocycles. The largest absolute Gasteiger partial charge is 0.423 e. The number of hydrogen-bond acceptors (Lipinski definition) is 4. The molecule has 2 aliphatic carbocycles. The van der Waals surface area contributed by atoms with Crippen LogP contribution in [-0.4, -0.2) is 14.8 Å². The number of para-hydroxylation sites is 1. The molecule has 5 rings (SSSR count). The second-order valence-electron chi connectivity index (χ2n) is 7.68. The average molecular weight is 349 g/mol. The van der Waals surface area contributed by atoms with Gasteiger partial charge >= 0.3 is 0 Å². The molecule has 3 aromatic rings. The first-order valence-electron chi connectivity index (χ1n) is 9.68. The minimum Gasteiger partial charge on any atom is -0.423 e. The van der Waals surface area contributed by atoms with Crippen LogP contribution in [0, 0.1) is 6.92 Å². The van der Waals surface area contributed by atoms with Gasteiger partial charge in [-0.3, -0.25) is 4.79 Å². The highest BCUT2D eigenvalue weighted by Gasteiger charge is 2.26. The Morgan fingerprint density at radius 2 is 2.00 bits per heavy atom. The Kier molecular flexibility index (Phi) is 3.69. The van der Waals surface area contributed by atoms with Crippen LogP contribution in [0.2, 0.25) is 0 Å². The van der Waals surface area contributed by atoms with Crippen molar-refractivity contribution in [1.29, 1.82) is 0 Å². The summed E-state index contributed by atoms with van der Waals surface area (Å²) in [5.41, 5.74) is 4.48. The third-order valence-electron chi connectivity index (χ3n) is 6.02. The molecule has 2 heterocycles. The Hall–Kier alpha value is -2.43. The highest BCUT2D eigenvalue weighted by Crippen LogP contribution is 2.35. The normalized spacial score (nSPS) is 17.3. The predicted molar refractivity (Wildman–Crippen MR) is 99.6 cm³/mol. The van der Waals surface area contributed by atoms with Crippen LogP contribution in [0.1, 0.15) is 66.6 Å². The Labute approximate surface area is 152 Å². The summed E-state index contributed by atoms with van der Waals surface area (Å²) in [7, 11) is 0. The zero-order chi connectivity index (χ0) is 17.7. The van der Waals surface area contributed by atoms with Crippen LogP contribution < -0.4 is 5.43 Å². The van der Waals surface area contributed by atoms with E-state index in [-0.39, 0.29) is 5.43 Å². The van der Waals surface area contributed by atoms with Gasteiger partial charge in [0.15, 0.2) is 5.43 Å². The van der Waals surface area contributed by atoms with Crippen LogP contribution in [0.5, 0.6) is 0 Å². The van der Waals surface area contributed by atoms with E-state index in [1.807, 2.05) is 12.1 Å². The molecule has 0 N–H and O–H groups in total. The van der Waals surface area contributed by atoms with E-state index in [1.165, 1.54) is 6.42 Å². The van der Waals surface area contributed by atoms with Gasteiger partial charge in [0.25, 0.3) is 0 Å². The Morgan fingerprint density at radius 3 is 2.81 bits per heavy atom. The van der Waals surface area contributed by atoms with Crippen molar-refractivity contribution in [3.05, 3.63) is 57.0 Å². The molecule has 5 nitrogen and oxygen atoms in total. The molecule has 1 fully saturated rings. The molecule has 1 aromatic carbocycles. The smallest absolute Gasteiger partial charge is 0.236 e. The van der Waals surface area contributed by atoms with Gasteiger partial charge in [0.2, 0.25) is 11.8 Å². The quantitative estimate of drug-likeness (QED) is 0.720. The summed E-state index contributed by atoms with van der Waals surface area (Å²) < 4.78 is 8.24. The third-order valence-corrected chi connectivity index (χ3v) is 6.02. The number of pyridine rings is 1. The van der Waals surface area contributed by atoms with Crippen molar-refractivity contribution in [3.63, 3.8) is 0 Å². The monoisotopic (exact) mass is 349 g/mol. The molecule has 0 saturated heterocycles. The van der Waals surface area contributed by atoms with Gasteiger partial charge in [-0.2, -0.15) is 0 Å². The number of aryl methyl sites for hydroxylation is 1. The lowest BCUT2D eigenvalue weighted by molar-refractivity contribution is 0.322. The summed E-state index contributed by atoms with van der Waals surface area (Å²) >= 11 is 0. The topological polar surface area (TPSA) is 60.9 Å². The van der Waals surface area contributed by atoms with Crippen molar-refractivity contribution < 1.29 is 4.42 Å². The van der Waals surface area contributed by atoms with Crippen molar-refractivity contribution >= 4 is 10.9 Å². The van der Waals surface area contributed by atoms with E-state index in [0.29, 0.717) is 18.4 Å². The van der Waals surface area contributed by atoms with Gasteiger partial charge in [-0.25, -0.2) is 0 Å². The van der Waals surface area contributed by atoms with Crippen LogP contribution in [0.25, 0.3) is 10.9 Å². The molecule has 0 spiro atoms. The summed E-state index contributed by atoms with van der Waals surface area (Å²) in [4.78, 5) is 13.0. The lowest BCUT2D eigenvalue weighted by atomic mass is 9.85. The maximum absolute atomic E-state index is 13.0. The van der Waals surface area contributed by atoms with E-state index in [1.54, 1.807) is 0 Å². The summed E-state index contributed by atoms with van der Waals surface area (Å²) in [6.45, 7) is 2.62. The molecule has 134 valence electrons. The Bertz CT molecular complexity index is 1040. The first kappa shape index (κ1) is 15.8. The van der Waals surface area contributed by atoms with Crippen molar-refractivity contribution in [2.24, 2.45) is 0 Å². The Morgan fingerprint density at radius 1 is 1.15 bits per heavy atom. The fourth-order valence-corrected chi connectivity index (χ4v) is 4.39. The number of benzene rings is 1. The fraction of sp³-hybridized carbons (Fsp3) is 0.476. The second kappa shape index (κ2) is 6.08. The van der Waals surface area contributed by atoms with Crippen molar-refractivity contribution in [3.8, 4) is 0 Å². The number of rotatable bonds is 3. The molecule has 0 amide bonds. The SMILES string of the molecule is Cc1cccc2c(=O)c3c(n(Cc4nnc(C5CCC5)o4)c12)CCCC3. The lowest BCUT2D eigenvalue weighted by Gasteiger charge is -2.24. The molecule has 0 atom stereocenters. The Balaban J connectivity index is 1.67. The van der Waals surface area contributed by atoms with E-state index >= 15 is 0 Å². The molecule has 0 bridgehead atoms. The van der Waals surface area contributed by atoms with Crippen LogP contribution in [0.4, 0.5) is 0 Å². The van der Waals surface area contributed by atoms with Crippen LogP contribution >= 0.6 is 0 Å². The van der Waals surface area contributed by atoms with Crippen molar-refractivity contribution in [2.45, 2.75) is 64.3 Å². The minimum atomic E-state index is 0.204. The molecule has 0 radical (unpaired) electrons. The molecular formula is C21H23N3O2. The average Bonchev–Trinajstić information content (AvgIpc) is 3.05. The molecule has 26 heavy (non-hydrogen) atoms. The van der Waals surface area contributed by atoms with Crippen LogP contribution in [0.15, 0.2) is 27.4 Å². The van der Waals surface area contributed by atoms with Gasteiger partial charge in [0, 0.05) is 22.6 Å². The van der Waals surface area contributed by atoms with Gasteiger partial charge in [-0.15, -0.1) is 10.2 Å². The summed E-state index contributed by atoms with van der Waals surface area (Å²) in [5.74, 6) is 1.87. The summed E-state index contributed by atoms with van der Waals surface area (Å²) in [5, 5.41) is 9.39. The predicted octanol–water partition coefficient (Wildman–Crippen LogP) is 3.89. The summed E-state index contributed by atoms with van der Waals surface area (Å²) in [6.07, 6.45) is 7.58. The van der Waals surface area contributed by atoms with Gasteiger partial charge in [0.1, 0.15) is 6.54 Å². The number of aromatic nitrogens is 3. The summed E-state index contributed by atoms with van der Waals surface area (Å²) in [6, 6.07) is 5.99. The maximum atomic E-state index is 13.0. The van der Waals surface area contributed by atoms with Crippen molar-refractivity contribution in [1.82, 2.24) is 14.8 Å². The standard InChI is InChI=1S/C21H23N3O2/c1-13-6-4-10-16-19(13)24(17-11-3-2-9-15(17)20(16)25)12-18-22-23-21(26-18)14-7-5-8-14/h4,6,10,14H,2-3,5,7-9,11-12H2,1H3. The van der Waals surface area contributed by atoms with E-state index < -0.39 is 0 Å². The van der Waals surface area contributed by atoms with E-state index in [4.69, 9.17) is 4.42 Å². The molecular weight excluding hydrogens is 326 g/mol. The van der Waals surface area contributed by atoms with Crippen LogP contribution in [0.3, 0.4) is 0 Å². The first-order valence-corrected chi connectivity index (χ1v) is 9.68. The fourth-order valence-electron chi connectivity index (χ4n) is 4.39. The van der Waals surface area contributed by atoms with Gasteiger partial charge in [-0.1, -0.05) is 18.6 Å². The van der Waals surface area contributed by atoms with Gasteiger partial charge in [-0.05, 0) is 57.1 Å². The highest BCUT2D eigenvalue weighted by molar-refractivity contribution is 5.83. The minimum absolute atomic E-state index is 0.204. The number of nitrogens with zero attached hydrogens (tertiary/aromatic N) is 3. The lowest BCUT2D eigenvalue weighted by Crippen LogP contribution is -2.24. The molecule has 5 heteroatoms. The van der Waals surface area contributed by atoms with Gasteiger partial charge in [0.05, 0.1) is 5.52 Å². The van der Waals surface area contributed by atoms with E-state index in [2.05, 4.69) is 27.8 Å². The second-order valence-corrected chi connectivity index (χ2v) is 7.68. The van der Waals surface area contributed by atoms with Crippen LogP contribution in [-0.2, 0) is 19.4 Å². The highest BCUT2D eigenvalue weighted by atomic mass is 16.4. The number of fused-ring (bicyclic) bond motifs is 2. The molecule has 2 aromatic heterocycles. The maximum Gasteiger partial charge on any atom is 0.236 e. The first-order chi connectivity index (χ1) is 12.7. The van der Waals surface area contributed by atoms with Crippen molar-refractivity contribution in [2.75, 3.05) is 0 Å². The molecule has 2 aliphatic rings. The van der Waals surface area contributed by atoms with Gasteiger partial charge < -0.3 is 8.98 Å². The van der Waals surface area contributed by atoms with E-state index in [0.717, 1.165) is 72.1 Å². The zero-order valence-corrected chi connectivity index (χ0v) is 15.1. The molecule has 0 unspecified atom stereocenters.